The summed E-state index contributed by atoms with van der Waals surface area (Å²) >= 11 is 0. The Labute approximate surface area is 166 Å². The molecule has 0 radical (unpaired) electrons. The van der Waals surface area contributed by atoms with Gasteiger partial charge in [-0.1, -0.05) is 24.6 Å². The van der Waals surface area contributed by atoms with Crippen molar-refractivity contribution in [3.05, 3.63) is 58.9 Å². The molecular weight excluding hydrogens is 371 g/mol. The van der Waals surface area contributed by atoms with E-state index >= 15 is 0 Å². The molecule has 2 saturated carbocycles. The van der Waals surface area contributed by atoms with Crippen LogP contribution < -0.4 is 11.0 Å². The molecule has 5 rings (SSSR count). The third-order valence-corrected chi connectivity index (χ3v) is 6.37. The number of hydrogen-bond donors (Lipinski definition) is 1. The normalized spacial score (nSPS) is 22.9. The van der Waals surface area contributed by atoms with Crippen LogP contribution in [0.4, 0.5) is 4.39 Å². The summed E-state index contributed by atoms with van der Waals surface area (Å²) in [7, 11) is 0. The lowest BCUT2D eigenvalue weighted by molar-refractivity contribution is -0.118. The molecule has 2 fully saturated rings. The molecule has 3 atom stereocenters. The van der Waals surface area contributed by atoms with Crippen molar-refractivity contribution in [2.75, 3.05) is 5.43 Å². The molecule has 2 aromatic heterocycles. The highest BCUT2D eigenvalue weighted by molar-refractivity contribution is 5.94. The Morgan fingerprint density at radius 2 is 1.97 bits per heavy atom. The van der Waals surface area contributed by atoms with Crippen molar-refractivity contribution in [3.63, 3.8) is 0 Å². The Bertz CT molecular complexity index is 1140. The zero-order chi connectivity index (χ0) is 20.0. The van der Waals surface area contributed by atoms with Gasteiger partial charge in [0.2, 0.25) is 11.9 Å². The van der Waals surface area contributed by atoms with E-state index in [9.17, 15) is 14.0 Å². The van der Waals surface area contributed by atoms with Crippen LogP contribution in [0.1, 0.15) is 32.1 Å². The van der Waals surface area contributed by atoms with Crippen molar-refractivity contribution in [3.8, 4) is 11.3 Å². The molecule has 2 heterocycles. The second-order valence-corrected chi connectivity index (χ2v) is 8.15. The number of halogens is 1. The van der Waals surface area contributed by atoms with Gasteiger partial charge >= 0.3 is 0 Å². The second-order valence-electron chi connectivity index (χ2n) is 8.15. The number of rotatable bonds is 4. The third kappa shape index (κ3) is 3.30. The molecule has 29 heavy (non-hydrogen) atoms. The molecule has 2 aliphatic carbocycles. The summed E-state index contributed by atoms with van der Waals surface area (Å²) in [6, 6.07) is 9.85. The fraction of sp³-hybridized carbons (Fsp3) is 0.364. The monoisotopic (exact) mass is 392 g/mol. The fourth-order valence-electron chi connectivity index (χ4n) is 5.02. The fourth-order valence-corrected chi connectivity index (χ4v) is 5.02. The maximum atomic E-state index is 13.2. The molecule has 2 bridgehead atoms. The van der Waals surface area contributed by atoms with Gasteiger partial charge in [0.1, 0.15) is 5.69 Å². The molecule has 2 aliphatic rings. The first-order valence-electron chi connectivity index (χ1n) is 10.0. The highest BCUT2D eigenvalue weighted by atomic mass is 19.1. The number of nitrogens with one attached hydrogen (secondary N) is 1. The summed E-state index contributed by atoms with van der Waals surface area (Å²) in [5.74, 6) is 0.997. The van der Waals surface area contributed by atoms with Crippen LogP contribution in [0.2, 0.25) is 0 Å². The van der Waals surface area contributed by atoms with E-state index in [-0.39, 0.29) is 11.5 Å². The van der Waals surface area contributed by atoms with Crippen molar-refractivity contribution in [1.82, 2.24) is 14.9 Å². The molecule has 0 unspecified atom stereocenters. The molecule has 6 nitrogen and oxygen atoms in total. The lowest BCUT2D eigenvalue weighted by Gasteiger charge is -2.21. The summed E-state index contributed by atoms with van der Waals surface area (Å²) in [6.07, 6.45) is 6.60. The van der Waals surface area contributed by atoms with E-state index in [1.165, 1.54) is 31.5 Å². The number of carbonyl (C=O) groups excluding carboxylic acids is 1. The van der Waals surface area contributed by atoms with Crippen LogP contribution in [-0.4, -0.2) is 20.8 Å². The van der Waals surface area contributed by atoms with Gasteiger partial charge in [-0.05, 0) is 55.2 Å². The Morgan fingerprint density at radius 3 is 2.66 bits per heavy atom. The van der Waals surface area contributed by atoms with Gasteiger partial charge in [-0.3, -0.25) is 9.59 Å². The first kappa shape index (κ1) is 18.0. The highest BCUT2D eigenvalue weighted by Gasteiger charge is 2.40. The number of aromatic nitrogens is 3. The topological polar surface area (TPSA) is 76.9 Å². The van der Waals surface area contributed by atoms with E-state index in [1.54, 1.807) is 24.3 Å². The molecular formula is C22H21FN4O2. The van der Waals surface area contributed by atoms with Crippen LogP contribution in [0.25, 0.3) is 22.0 Å². The van der Waals surface area contributed by atoms with Crippen LogP contribution in [0.3, 0.4) is 0 Å². The van der Waals surface area contributed by atoms with Crippen LogP contribution in [0, 0.1) is 23.7 Å². The predicted molar refractivity (Wildman–Crippen MR) is 107 cm³/mol. The van der Waals surface area contributed by atoms with E-state index in [1.807, 2.05) is 6.07 Å². The second kappa shape index (κ2) is 7.06. The van der Waals surface area contributed by atoms with Gasteiger partial charge in [0.25, 0.3) is 5.56 Å². The molecule has 0 saturated heterocycles. The van der Waals surface area contributed by atoms with Gasteiger partial charge < -0.3 is 0 Å². The van der Waals surface area contributed by atoms with Crippen molar-refractivity contribution in [2.45, 2.75) is 32.1 Å². The number of benzene rings is 1. The average molecular weight is 392 g/mol. The van der Waals surface area contributed by atoms with E-state index in [0.29, 0.717) is 40.3 Å². The minimum Gasteiger partial charge on any atom is -0.273 e. The molecule has 0 aliphatic heterocycles. The summed E-state index contributed by atoms with van der Waals surface area (Å²) in [4.78, 5) is 30.2. The quantitative estimate of drug-likeness (QED) is 0.690. The first-order valence-corrected chi connectivity index (χ1v) is 10.0. The number of nitrogens with zero attached hydrogens (tertiary/aromatic N) is 3. The van der Waals surface area contributed by atoms with Crippen molar-refractivity contribution >= 4 is 16.7 Å². The van der Waals surface area contributed by atoms with Crippen LogP contribution in [0.5, 0.6) is 0 Å². The zero-order valence-electron chi connectivity index (χ0n) is 15.8. The van der Waals surface area contributed by atoms with Gasteiger partial charge in [-0.15, -0.1) is 9.89 Å². The summed E-state index contributed by atoms with van der Waals surface area (Å²) < 4.78 is 13.2. The van der Waals surface area contributed by atoms with Gasteiger partial charge in [-0.25, -0.2) is 10.4 Å². The highest BCUT2D eigenvalue weighted by Crippen LogP contribution is 2.49. The van der Waals surface area contributed by atoms with E-state index in [2.05, 4.69) is 15.5 Å². The Kier molecular flexibility index (Phi) is 4.38. The van der Waals surface area contributed by atoms with Gasteiger partial charge in [-0.2, -0.15) is 4.39 Å². The smallest absolute Gasteiger partial charge is 0.273 e. The lowest BCUT2D eigenvalue weighted by Crippen LogP contribution is -2.36. The van der Waals surface area contributed by atoms with E-state index < -0.39 is 5.95 Å². The Hall–Kier alpha value is -3.09. The Balaban J connectivity index is 1.48. The molecule has 3 aromatic rings. The Morgan fingerprint density at radius 1 is 1.14 bits per heavy atom. The molecule has 1 amide bonds. The molecule has 7 heteroatoms. The van der Waals surface area contributed by atoms with Crippen molar-refractivity contribution in [2.24, 2.45) is 17.8 Å². The molecule has 1 N–H and O–H groups in total. The summed E-state index contributed by atoms with van der Waals surface area (Å²) in [5.41, 5.74) is 3.32. The van der Waals surface area contributed by atoms with Gasteiger partial charge in [0, 0.05) is 23.6 Å². The number of hydrogen-bond acceptors (Lipinski definition) is 4. The minimum absolute atomic E-state index is 0.199. The van der Waals surface area contributed by atoms with Gasteiger partial charge in [0.15, 0.2) is 0 Å². The lowest BCUT2D eigenvalue weighted by atomic mass is 9.86. The van der Waals surface area contributed by atoms with Crippen molar-refractivity contribution < 1.29 is 9.18 Å². The molecule has 0 spiro atoms. The third-order valence-electron chi connectivity index (χ3n) is 6.37. The number of carbonyl (C=O) groups is 1. The maximum Gasteiger partial charge on any atom is 0.294 e. The maximum absolute atomic E-state index is 13.2. The summed E-state index contributed by atoms with van der Waals surface area (Å²) in [6.45, 7) is 0. The standard InChI is InChI=1S/C22H21FN4O2/c23-19-8-7-15(12-24-19)21-17-3-1-2-4-18(17)22(29)27(26-21)25-20(28)11-16-10-13-5-6-14(16)9-13/h1-4,7-8,12-14,16H,5-6,9-11H2,(H,25,28)/t13-,14+,16-/m1/s1. The minimum atomic E-state index is -0.592. The first-order chi connectivity index (χ1) is 14.1. The van der Waals surface area contributed by atoms with Crippen LogP contribution in [-0.2, 0) is 4.79 Å². The largest absolute Gasteiger partial charge is 0.294 e. The zero-order valence-corrected chi connectivity index (χ0v) is 15.8. The summed E-state index contributed by atoms with van der Waals surface area (Å²) in [5, 5.41) is 5.43. The average Bonchev–Trinajstić information content (AvgIpc) is 3.34. The van der Waals surface area contributed by atoms with Crippen LogP contribution in [0.15, 0.2) is 47.4 Å². The van der Waals surface area contributed by atoms with Gasteiger partial charge in [0.05, 0.1) is 5.39 Å². The SMILES string of the molecule is O=C(C[C@H]1C[C@@H]2CC[C@H]1C2)Nn1nc(-c2ccc(F)nc2)c2ccccc2c1=O. The number of amides is 1. The number of fused-ring (bicyclic) bond motifs is 3. The van der Waals surface area contributed by atoms with Crippen molar-refractivity contribution in [1.29, 1.82) is 0 Å². The van der Waals surface area contributed by atoms with E-state index in [0.717, 1.165) is 17.1 Å². The number of pyridine rings is 1. The van der Waals surface area contributed by atoms with Crippen LogP contribution >= 0.6 is 0 Å². The van der Waals surface area contributed by atoms with E-state index in [4.69, 9.17) is 0 Å². The molecule has 148 valence electrons. The molecule has 1 aromatic carbocycles. The predicted octanol–water partition coefficient (Wildman–Crippen LogP) is 3.49.